The minimum Gasteiger partial charge on any atom is -0.486 e. The van der Waals surface area contributed by atoms with E-state index < -0.39 is 0 Å². The number of nitrogens with zero attached hydrogens (tertiary/aromatic N) is 3. The van der Waals surface area contributed by atoms with E-state index in [4.69, 9.17) is 9.47 Å². The molecule has 3 aromatic rings. The van der Waals surface area contributed by atoms with Gasteiger partial charge in [0.2, 0.25) is 5.91 Å². The molecule has 148 valence electrons. The third kappa shape index (κ3) is 3.22. The molecule has 1 aromatic heterocycles. The van der Waals surface area contributed by atoms with E-state index in [1.165, 1.54) is 4.68 Å². The topological polar surface area (TPSA) is 73.7 Å². The van der Waals surface area contributed by atoms with E-state index in [1.807, 2.05) is 41.3 Å². The Morgan fingerprint density at radius 3 is 2.83 bits per heavy atom. The summed E-state index contributed by atoms with van der Waals surface area (Å²) < 4.78 is 12.5. The Hall–Kier alpha value is -3.35. The molecule has 0 aliphatic carbocycles. The first kappa shape index (κ1) is 17.7. The predicted octanol–water partition coefficient (Wildman–Crippen LogP) is 2.53. The quantitative estimate of drug-likeness (QED) is 0.686. The van der Waals surface area contributed by atoms with Gasteiger partial charge in [-0.3, -0.25) is 9.59 Å². The molecule has 0 spiro atoms. The molecule has 5 rings (SSSR count). The second-order valence-electron chi connectivity index (χ2n) is 7.34. The lowest BCUT2D eigenvalue weighted by Crippen LogP contribution is -2.37. The van der Waals surface area contributed by atoms with Gasteiger partial charge in [-0.25, -0.2) is 4.68 Å². The van der Waals surface area contributed by atoms with Crippen molar-refractivity contribution >= 4 is 16.7 Å². The maximum Gasteiger partial charge on any atom is 0.275 e. The van der Waals surface area contributed by atoms with Crippen LogP contribution in [-0.4, -0.2) is 40.3 Å². The van der Waals surface area contributed by atoms with Crippen LogP contribution in [0.3, 0.4) is 0 Å². The summed E-state index contributed by atoms with van der Waals surface area (Å²) in [6.45, 7) is 1.68. The van der Waals surface area contributed by atoms with Crippen molar-refractivity contribution in [1.29, 1.82) is 0 Å². The third-order valence-corrected chi connectivity index (χ3v) is 5.57. The molecule has 2 aliphatic heterocycles. The summed E-state index contributed by atoms with van der Waals surface area (Å²) in [4.78, 5) is 27.6. The van der Waals surface area contributed by atoms with Crippen LogP contribution in [0.25, 0.3) is 10.8 Å². The van der Waals surface area contributed by atoms with Crippen LogP contribution < -0.4 is 15.0 Å². The van der Waals surface area contributed by atoms with Crippen LogP contribution in [-0.2, 0) is 11.3 Å². The number of rotatable bonds is 3. The highest BCUT2D eigenvalue weighted by molar-refractivity contribution is 5.81. The van der Waals surface area contributed by atoms with E-state index in [1.54, 1.807) is 12.3 Å². The van der Waals surface area contributed by atoms with Crippen LogP contribution in [0, 0.1) is 0 Å². The average Bonchev–Trinajstić information content (AvgIpc) is 3.26. The monoisotopic (exact) mass is 391 g/mol. The number of ether oxygens (including phenoxy) is 2. The molecule has 7 heteroatoms. The third-order valence-electron chi connectivity index (χ3n) is 5.57. The summed E-state index contributed by atoms with van der Waals surface area (Å²) in [5.74, 6) is 1.36. The largest absolute Gasteiger partial charge is 0.486 e. The number of fused-ring (bicyclic) bond motifs is 2. The van der Waals surface area contributed by atoms with Crippen molar-refractivity contribution in [2.24, 2.45) is 0 Å². The van der Waals surface area contributed by atoms with Crippen molar-refractivity contribution in [2.45, 2.75) is 25.4 Å². The SMILES string of the molecule is O=C(Cn1ncc2ccccc2c1=O)N1CCCC1c1ccc2c(c1)OCCO2. The zero-order chi connectivity index (χ0) is 19.8. The summed E-state index contributed by atoms with van der Waals surface area (Å²) in [6, 6.07) is 13.1. The number of hydrogen-bond donors (Lipinski definition) is 0. The highest BCUT2D eigenvalue weighted by Crippen LogP contribution is 2.38. The van der Waals surface area contributed by atoms with Crippen molar-refractivity contribution in [3.05, 3.63) is 64.6 Å². The molecule has 1 saturated heterocycles. The Balaban J connectivity index is 1.39. The van der Waals surface area contributed by atoms with Gasteiger partial charge in [0, 0.05) is 11.9 Å². The molecule has 3 heterocycles. The van der Waals surface area contributed by atoms with Crippen LogP contribution in [0.5, 0.6) is 11.5 Å². The van der Waals surface area contributed by atoms with E-state index >= 15 is 0 Å². The highest BCUT2D eigenvalue weighted by atomic mass is 16.6. The summed E-state index contributed by atoms with van der Waals surface area (Å²) >= 11 is 0. The number of aromatic nitrogens is 2. The van der Waals surface area contributed by atoms with Gasteiger partial charge in [-0.2, -0.15) is 5.10 Å². The summed E-state index contributed by atoms with van der Waals surface area (Å²) in [6.07, 6.45) is 3.43. The number of likely N-dealkylation sites (tertiary alicyclic amines) is 1. The molecule has 0 radical (unpaired) electrons. The molecule has 1 amide bonds. The maximum atomic E-state index is 13.0. The van der Waals surface area contributed by atoms with E-state index in [2.05, 4.69) is 5.10 Å². The van der Waals surface area contributed by atoms with Gasteiger partial charge in [-0.05, 0) is 36.6 Å². The zero-order valence-corrected chi connectivity index (χ0v) is 15.9. The van der Waals surface area contributed by atoms with Crippen molar-refractivity contribution in [3.8, 4) is 11.5 Å². The predicted molar refractivity (Wildman–Crippen MR) is 107 cm³/mol. The van der Waals surface area contributed by atoms with Crippen LogP contribution in [0.1, 0.15) is 24.4 Å². The van der Waals surface area contributed by atoms with E-state index in [-0.39, 0.29) is 24.1 Å². The second-order valence-corrected chi connectivity index (χ2v) is 7.34. The Morgan fingerprint density at radius 1 is 1.10 bits per heavy atom. The Kier molecular flexibility index (Phi) is 4.42. The van der Waals surface area contributed by atoms with Crippen molar-refractivity contribution in [3.63, 3.8) is 0 Å². The number of carbonyl (C=O) groups is 1. The smallest absolute Gasteiger partial charge is 0.275 e. The summed E-state index contributed by atoms with van der Waals surface area (Å²) in [5, 5.41) is 5.54. The Labute approximate surface area is 167 Å². The highest BCUT2D eigenvalue weighted by Gasteiger charge is 2.31. The van der Waals surface area contributed by atoms with Gasteiger partial charge in [-0.1, -0.05) is 24.3 Å². The van der Waals surface area contributed by atoms with Gasteiger partial charge in [0.15, 0.2) is 11.5 Å². The van der Waals surface area contributed by atoms with Crippen LogP contribution in [0.2, 0.25) is 0 Å². The van der Waals surface area contributed by atoms with Gasteiger partial charge in [0.25, 0.3) is 5.56 Å². The van der Waals surface area contributed by atoms with E-state index in [0.717, 1.165) is 35.3 Å². The van der Waals surface area contributed by atoms with Gasteiger partial charge >= 0.3 is 0 Å². The molecule has 1 atom stereocenters. The molecule has 29 heavy (non-hydrogen) atoms. The fourth-order valence-corrected chi connectivity index (χ4v) is 4.14. The second kappa shape index (κ2) is 7.24. The van der Waals surface area contributed by atoms with Gasteiger partial charge < -0.3 is 14.4 Å². The molecule has 7 nitrogen and oxygen atoms in total. The molecule has 1 fully saturated rings. The van der Waals surface area contributed by atoms with Gasteiger partial charge in [0.1, 0.15) is 19.8 Å². The lowest BCUT2D eigenvalue weighted by molar-refractivity contribution is -0.133. The molecular weight excluding hydrogens is 370 g/mol. The molecule has 0 bridgehead atoms. The molecule has 2 aromatic carbocycles. The minimum atomic E-state index is -0.244. The van der Waals surface area contributed by atoms with Crippen molar-refractivity contribution in [1.82, 2.24) is 14.7 Å². The first-order valence-corrected chi connectivity index (χ1v) is 9.84. The number of benzene rings is 2. The van der Waals surface area contributed by atoms with E-state index in [0.29, 0.717) is 25.1 Å². The number of carbonyl (C=O) groups excluding carboxylic acids is 1. The molecular formula is C22H21N3O4. The lowest BCUT2D eigenvalue weighted by atomic mass is 10.0. The number of hydrogen-bond acceptors (Lipinski definition) is 5. The first-order chi connectivity index (χ1) is 14.2. The standard InChI is InChI=1S/C22H21N3O4/c26-21(14-25-22(27)17-5-2-1-4-16(17)13-23-25)24-9-3-6-18(24)15-7-8-19-20(12-15)29-11-10-28-19/h1-2,4-5,7-8,12-13,18H,3,6,9-11,14H2. The Bertz CT molecular complexity index is 1140. The average molecular weight is 391 g/mol. The van der Waals surface area contributed by atoms with Gasteiger partial charge in [-0.15, -0.1) is 0 Å². The van der Waals surface area contributed by atoms with Crippen LogP contribution in [0.4, 0.5) is 0 Å². The van der Waals surface area contributed by atoms with Crippen LogP contribution in [0.15, 0.2) is 53.5 Å². The lowest BCUT2D eigenvalue weighted by Gasteiger charge is -2.27. The maximum absolute atomic E-state index is 13.0. The summed E-state index contributed by atoms with van der Waals surface area (Å²) in [7, 11) is 0. The number of amides is 1. The molecule has 2 aliphatic rings. The molecule has 0 saturated carbocycles. The van der Waals surface area contributed by atoms with E-state index in [9.17, 15) is 9.59 Å². The first-order valence-electron chi connectivity index (χ1n) is 9.84. The molecule has 0 N–H and O–H groups in total. The summed E-state index contributed by atoms with van der Waals surface area (Å²) in [5.41, 5.74) is 0.783. The fraction of sp³-hybridized carbons (Fsp3) is 0.318. The Morgan fingerprint density at radius 2 is 1.93 bits per heavy atom. The normalized spacial score (nSPS) is 18.2. The molecule has 1 unspecified atom stereocenters. The zero-order valence-electron chi connectivity index (χ0n) is 15.9. The minimum absolute atomic E-state index is 0.0329. The van der Waals surface area contributed by atoms with Crippen molar-refractivity contribution < 1.29 is 14.3 Å². The van der Waals surface area contributed by atoms with Crippen molar-refractivity contribution in [2.75, 3.05) is 19.8 Å². The fourth-order valence-electron chi connectivity index (χ4n) is 4.14. The van der Waals surface area contributed by atoms with Gasteiger partial charge in [0.05, 0.1) is 17.6 Å². The van der Waals surface area contributed by atoms with Crippen LogP contribution >= 0.6 is 0 Å².